The van der Waals surface area contributed by atoms with Gasteiger partial charge in [0, 0.05) is 32.5 Å². The van der Waals surface area contributed by atoms with Crippen molar-refractivity contribution in [1.82, 2.24) is 14.7 Å². The standard InChI is InChI=1S/C18H22FN3O3/c19-16-4-1-2-5-17(16)22-13-14(12-20-22)18(24)21-8-6-15(7-9-21)25-11-3-10-23/h1-2,4-5,12-13,15,23H,3,6-11H2. The number of ether oxygens (including phenoxy) is 1. The molecule has 2 heterocycles. The van der Waals surface area contributed by atoms with Crippen molar-refractivity contribution in [2.45, 2.75) is 25.4 Å². The molecule has 1 aliphatic rings. The van der Waals surface area contributed by atoms with Gasteiger partial charge in [-0.25, -0.2) is 9.07 Å². The molecular weight excluding hydrogens is 325 g/mol. The van der Waals surface area contributed by atoms with Crippen LogP contribution in [0.3, 0.4) is 0 Å². The molecule has 0 aliphatic carbocycles. The second-order valence-electron chi connectivity index (χ2n) is 6.06. The number of carbonyl (C=O) groups excluding carboxylic acids is 1. The molecule has 0 spiro atoms. The summed E-state index contributed by atoms with van der Waals surface area (Å²) >= 11 is 0. The summed E-state index contributed by atoms with van der Waals surface area (Å²) in [6.07, 6.45) is 5.35. The first-order chi connectivity index (χ1) is 12.2. The summed E-state index contributed by atoms with van der Waals surface area (Å²) in [5.74, 6) is -0.484. The van der Waals surface area contributed by atoms with Crippen molar-refractivity contribution in [2.24, 2.45) is 0 Å². The fourth-order valence-electron chi connectivity index (χ4n) is 2.93. The van der Waals surface area contributed by atoms with Crippen molar-refractivity contribution in [2.75, 3.05) is 26.3 Å². The number of likely N-dealkylation sites (tertiary alicyclic amines) is 1. The van der Waals surface area contributed by atoms with Crippen LogP contribution in [0.2, 0.25) is 0 Å². The second-order valence-corrected chi connectivity index (χ2v) is 6.06. The summed E-state index contributed by atoms with van der Waals surface area (Å²) in [5, 5.41) is 12.9. The highest BCUT2D eigenvalue weighted by molar-refractivity contribution is 5.93. The number of benzene rings is 1. The number of carbonyl (C=O) groups is 1. The van der Waals surface area contributed by atoms with E-state index in [1.165, 1.54) is 16.9 Å². The van der Waals surface area contributed by atoms with Crippen molar-refractivity contribution in [3.05, 3.63) is 48.0 Å². The Morgan fingerprint density at radius 3 is 2.80 bits per heavy atom. The molecule has 1 saturated heterocycles. The molecule has 1 aromatic carbocycles. The van der Waals surface area contributed by atoms with Gasteiger partial charge in [0.05, 0.1) is 17.9 Å². The molecule has 1 fully saturated rings. The number of hydrogen-bond acceptors (Lipinski definition) is 4. The Labute approximate surface area is 145 Å². The van der Waals surface area contributed by atoms with E-state index in [0.717, 1.165) is 12.8 Å². The lowest BCUT2D eigenvalue weighted by Gasteiger charge is -2.31. The molecule has 1 aromatic heterocycles. The highest BCUT2D eigenvalue weighted by Gasteiger charge is 2.25. The first-order valence-electron chi connectivity index (χ1n) is 8.50. The molecule has 3 rings (SSSR count). The first kappa shape index (κ1) is 17.6. The minimum absolute atomic E-state index is 0.101. The fraction of sp³-hybridized carbons (Fsp3) is 0.444. The average molecular weight is 347 g/mol. The summed E-state index contributed by atoms with van der Waals surface area (Å²) in [7, 11) is 0. The normalized spacial score (nSPS) is 15.5. The molecule has 0 unspecified atom stereocenters. The van der Waals surface area contributed by atoms with Gasteiger partial charge in [0.25, 0.3) is 5.91 Å². The Balaban J connectivity index is 1.59. The summed E-state index contributed by atoms with van der Waals surface area (Å²) < 4.78 is 20.9. The van der Waals surface area contributed by atoms with Crippen LogP contribution in [0.5, 0.6) is 0 Å². The van der Waals surface area contributed by atoms with Gasteiger partial charge in [0.1, 0.15) is 11.5 Å². The van der Waals surface area contributed by atoms with E-state index in [9.17, 15) is 9.18 Å². The zero-order valence-corrected chi connectivity index (χ0v) is 14.0. The van der Waals surface area contributed by atoms with Crippen LogP contribution >= 0.6 is 0 Å². The molecule has 0 radical (unpaired) electrons. The van der Waals surface area contributed by atoms with Gasteiger partial charge in [-0.15, -0.1) is 0 Å². The largest absolute Gasteiger partial charge is 0.396 e. The van der Waals surface area contributed by atoms with Crippen LogP contribution in [0.4, 0.5) is 4.39 Å². The number of piperidine rings is 1. The monoisotopic (exact) mass is 347 g/mol. The molecule has 1 amide bonds. The van der Waals surface area contributed by atoms with Crippen molar-refractivity contribution in [1.29, 1.82) is 0 Å². The predicted molar refractivity (Wildman–Crippen MR) is 90.1 cm³/mol. The summed E-state index contributed by atoms with van der Waals surface area (Å²) in [6.45, 7) is 1.91. The van der Waals surface area contributed by atoms with Crippen molar-refractivity contribution in [3.8, 4) is 5.69 Å². The Hall–Kier alpha value is -2.25. The molecule has 2 aromatic rings. The maximum atomic E-state index is 13.8. The molecule has 0 bridgehead atoms. The Morgan fingerprint density at radius 2 is 2.08 bits per heavy atom. The summed E-state index contributed by atoms with van der Waals surface area (Å²) in [6, 6.07) is 6.32. The van der Waals surface area contributed by atoms with Crippen LogP contribution in [0, 0.1) is 5.82 Å². The molecule has 1 aliphatic heterocycles. The highest BCUT2D eigenvalue weighted by atomic mass is 19.1. The van der Waals surface area contributed by atoms with Gasteiger partial charge in [0.15, 0.2) is 0 Å². The molecule has 134 valence electrons. The fourth-order valence-corrected chi connectivity index (χ4v) is 2.93. The third kappa shape index (κ3) is 4.24. The summed E-state index contributed by atoms with van der Waals surface area (Å²) in [4.78, 5) is 14.4. The highest BCUT2D eigenvalue weighted by Crippen LogP contribution is 2.18. The third-order valence-corrected chi connectivity index (χ3v) is 4.31. The number of hydrogen-bond donors (Lipinski definition) is 1. The summed E-state index contributed by atoms with van der Waals surface area (Å²) in [5.41, 5.74) is 0.764. The molecular formula is C18H22FN3O3. The quantitative estimate of drug-likeness (QED) is 0.812. The number of rotatable bonds is 6. The smallest absolute Gasteiger partial charge is 0.257 e. The van der Waals surface area contributed by atoms with Crippen LogP contribution in [0.15, 0.2) is 36.7 Å². The zero-order valence-electron chi connectivity index (χ0n) is 14.0. The van der Waals surface area contributed by atoms with E-state index in [1.807, 2.05) is 0 Å². The van der Waals surface area contributed by atoms with E-state index in [4.69, 9.17) is 9.84 Å². The number of aliphatic hydroxyl groups excluding tert-OH is 1. The van der Waals surface area contributed by atoms with E-state index in [-0.39, 0.29) is 24.4 Å². The van der Waals surface area contributed by atoms with Crippen molar-refractivity contribution < 1.29 is 19.0 Å². The number of para-hydroxylation sites is 1. The van der Waals surface area contributed by atoms with Crippen molar-refractivity contribution in [3.63, 3.8) is 0 Å². The first-order valence-corrected chi connectivity index (χ1v) is 8.50. The maximum absolute atomic E-state index is 13.8. The number of amides is 1. The number of halogens is 1. The van der Waals surface area contributed by atoms with Gasteiger partial charge < -0.3 is 14.7 Å². The third-order valence-electron chi connectivity index (χ3n) is 4.31. The van der Waals surface area contributed by atoms with Crippen LogP contribution < -0.4 is 0 Å². The minimum atomic E-state index is -0.384. The molecule has 0 saturated carbocycles. The van der Waals surface area contributed by atoms with Gasteiger partial charge >= 0.3 is 0 Å². The Kier molecular flexibility index (Phi) is 5.78. The van der Waals surface area contributed by atoms with E-state index >= 15 is 0 Å². The van der Waals surface area contributed by atoms with Gasteiger partial charge in [-0.3, -0.25) is 4.79 Å². The van der Waals surface area contributed by atoms with Gasteiger partial charge in [-0.05, 0) is 31.4 Å². The van der Waals surface area contributed by atoms with Crippen LogP contribution in [-0.2, 0) is 4.74 Å². The van der Waals surface area contributed by atoms with Gasteiger partial charge in [-0.2, -0.15) is 5.10 Å². The lowest BCUT2D eigenvalue weighted by Crippen LogP contribution is -2.40. The van der Waals surface area contributed by atoms with Crippen LogP contribution in [0.25, 0.3) is 5.69 Å². The molecule has 7 heteroatoms. The molecule has 1 N–H and O–H groups in total. The van der Waals surface area contributed by atoms with Crippen molar-refractivity contribution >= 4 is 5.91 Å². The SMILES string of the molecule is O=C(c1cnn(-c2ccccc2F)c1)N1CCC(OCCCO)CC1. The Bertz CT molecular complexity index is 711. The topological polar surface area (TPSA) is 67.6 Å². The average Bonchev–Trinajstić information content (AvgIpc) is 3.12. The van der Waals surface area contributed by atoms with Gasteiger partial charge in [-0.1, -0.05) is 12.1 Å². The maximum Gasteiger partial charge on any atom is 0.257 e. The van der Waals surface area contributed by atoms with Gasteiger partial charge in [0.2, 0.25) is 0 Å². The lowest BCUT2D eigenvalue weighted by molar-refractivity contribution is 0.00397. The van der Waals surface area contributed by atoms with Crippen LogP contribution in [-0.4, -0.2) is 58.1 Å². The minimum Gasteiger partial charge on any atom is -0.396 e. The number of aromatic nitrogens is 2. The molecule has 6 nitrogen and oxygen atoms in total. The van der Waals surface area contributed by atoms with E-state index in [1.54, 1.807) is 29.3 Å². The molecule has 25 heavy (non-hydrogen) atoms. The number of nitrogens with zero attached hydrogens (tertiary/aromatic N) is 3. The van der Waals surface area contributed by atoms with E-state index < -0.39 is 0 Å². The Morgan fingerprint density at radius 1 is 1.32 bits per heavy atom. The zero-order chi connectivity index (χ0) is 17.6. The van der Waals surface area contributed by atoms with E-state index in [0.29, 0.717) is 37.4 Å². The predicted octanol–water partition coefficient (Wildman–Crippen LogP) is 2.01. The van der Waals surface area contributed by atoms with E-state index in [2.05, 4.69) is 5.10 Å². The van der Waals surface area contributed by atoms with Crippen LogP contribution in [0.1, 0.15) is 29.6 Å². The second kappa shape index (κ2) is 8.22. The molecule has 0 atom stereocenters. The lowest BCUT2D eigenvalue weighted by atomic mass is 10.1. The number of aliphatic hydroxyl groups is 1.